The van der Waals surface area contributed by atoms with Crippen LogP contribution in [-0.4, -0.2) is 39.3 Å². The first-order valence-corrected chi connectivity index (χ1v) is 7.05. The van der Waals surface area contributed by atoms with Gasteiger partial charge in [0.2, 0.25) is 0 Å². The van der Waals surface area contributed by atoms with E-state index in [4.69, 9.17) is 19.9 Å². The first-order chi connectivity index (χ1) is 10.6. The Kier molecular flexibility index (Phi) is 7.60. The van der Waals surface area contributed by atoms with Crippen molar-refractivity contribution < 1.29 is 19.0 Å². The minimum atomic E-state index is -0.218. The zero-order valence-electron chi connectivity index (χ0n) is 13.2. The second kappa shape index (κ2) is 9.49. The van der Waals surface area contributed by atoms with Crippen LogP contribution in [0.3, 0.4) is 0 Å². The fraction of sp³-hybridized carbons (Fsp3) is 0.467. The van der Waals surface area contributed by atoms with Crippen LogP contribution in [-0.2, 0) is 9.53 Å². The molecular formula is C15H23N3O4. The van der Waals surface area contributed by atoms with Gasteiger partial charge < -0.3 is 25.3 Å². The predicted molar refractivity (Wildman–Crippen MR) is 85.5 cm³/mol. The number of benzene rings is 1. The predicted octanol–water partition coefficient (Wildman–Crippen LogP) is 1.77. The van der Waals surface area contributed by atoms with Gasteiger partial charge in [-0.2, -0.15) is 0 Å². The van der Waals surface area contributed by atoms with Crippen LogP contribution in [0.1, 0.15) is 19.8 Å². The molecule has 1 aromatic carbocycles. The van der Waals surface area contributed by atoms with E-state index in [-0.39, 0.29) is 11.9 Å². The Balaban J connectivity index is 2.48. The monoisotopic (exact) mass is 309 g/mol. The molecule has 0 unspecified atom stereocenters. The molecule has 22 heavy (non-hydrogen) atoms. The molecule has 0 atom stereocenters. The number of aliphatic imine (C=N–C) groups is 1. The lowest BCUT2D eigenvalue weighted by Gasteiger charge is -2.10. The van der Waals surface area contributed by atoms with Crippen molar-refractivity contribution in [3.05, 3.63) is 18.2 Å². The molecule has 0 amide bonds. The van der Waals surface area contributed by atoms with Crippen LogP contribution in [0.2, 0.25) is 0 Å². The van der Waals surface area contributed by atoms with Gasteiger partial charge in [0.25, 0.3) is 0 Å². The van der Waals surface area contributed by atoms with E-state index in [0.29, 0.717) is 37.5 Å². The summed E-state index contributed by atoms with van der Waals surface area (Å²) in [6.07, 6.45) is 0.925. The molecule has 1 rings (SSSR count). The third-order valence-electron chi connectivity index (χ3n) is 2.78. The van der Waals surface area contributed by atoms with E-state index >= 15 is 0 Å². The number of methoxy groups -OCH3 is 2. The van der Waals surface area contributed by atoms with Crippen molar-refractivity contribution in [2.75, 3.05) is 32.7 Å². The maximum atomic E-state index is 11.2. The van der Waals surface area contributed by atoms with Gasteiger partial charge in [0.15, 0.2) is 17.5 Å². The number of ether oxygens (including phenoxy) is 3. The van der Waals surface area contributed by atoms with E-state index in [2.05, 4.69) is 10.3 Å². The maximum absolute atomic E-state index is 11.2. The molecule has 0 aliphatic carbocycles. The first kappa shape index (κ1) is 17.6. The van der Waals surface area contributed by atoms with Crippen molar-refractivity contribution >= 4 is 17.6 Å². The summed E-state index contributed by atoms with van der Waals surface area (Å²) in [6, 6.07) is 5.34. The lowest BCUT2D eigenvalue weighted by molar-refractivity contribution is -0.143. The normalized spacial score (nSPS) is 11.0. The zero-order chi connectivity index (χ0) is 16.4. The molecule has 0 aliphatic rings. The molecule has 3 N–H and O–H groups in total. The van der Waals surface area contributed by atoms with Gasteiger partial charge in [0.1, 0.15) is 0 Å². The van der Waals surface area contributed by atoms with Crippen LogP contribution < -0.4 is 20.5 Å². The highest BCUT2D eigenvalue weighted by atomic mass is 16.5. The van der Waals surface area contributed by atoms with E-state index in [1.54, 1.807) is 33.3 Å². The minimum absolute atomic E-state index is 0.218. The van der Waals surface area contributed by atoms with Gasteiger partial charge in [-0.3, -0.25) is 9.79 Å². The number of guanidine groups is 1. The topological polar surface area (TPSA) is 95.2 Å². The molecule has 0 radical (unpaired) electrons. The van der Waals surface area contributed by atoms with E-state index in [0.717, 1.165) is 5.69 Å². The Morgan fingerprint density at radius 1 is 1.27 bits per heavy atom. The number of rotatable bonds is 8. The molecule has 122 valence electrons. The average Bonchev–Trinajstić information content (AvgIpc) is 2.51. The van der Waals surface area contributed by atoms with Crippen molar-refractivity contribution in [2.45, 2.75) is 19.8 Å². The van der Waals surface area contributed by atoms with E-state index in [1.165, 1.54) is 0 Å². The third-order valence-corrected chi connectivity index (χ3v) is 2.78. The van der Waals surface area contributed by atoms with Gasteiger partial charge in [-0.25, -0.2) is 0 Å². The summed E-state index contributed by atoms with van der Waals surface area (Å²) < 4.78 is 15.2. The maximum Gasteiger partial charge on any atom is 0.305 e. The van der Waals surface area contributed by atoms with Crippen molar-refractivity contribution in [1.82, 2.24) is 0 Å². The summed E-state index contributed by atoms with van der Waals surface area (Å²) in [5.74, 6) is 1.29. The van der Waals surface area contributed by atoms with E-state index < -0.39 is 0 Å². The van der Waals surface area contributed by atoms with Crippen LogP contribution in [0, 0.1) is 0 Å². The van der Waals surface area contributed by atoms with Gasteiger partial charge in [-0.1, -0.05) is 0 Å². The van der Waals surface area contributed by atoms with Crippen LogP contribution in [0.4, 0.5) is 5.69 Å². The van der Waals surface area contributed by atoms with Gasteiger partial charge in [-0.15, -0.1) is 0 Å². The van der Waals surface area contributed by atoms with Crippen LogP contribution in [0.5, 0.6) is 11.5 Å². The highest BCUT2D eigenvalue weighted by Crippen LogP contribution is 2.29. The molecule has 1 aromatic rings. The lowest BCUT2D eigenvalue weighted by Crippen LogP contribution is -2.23. The summed E-state index contributed by atoms with van der Waals surface area (Å²) in [6.45, 7) is 2.62. The van der Waals surface area contributed by atoms with Crippen LogP contribution in [0.15, 0.2) is 23.2 Å². The quantitative estimate of drug-likeness (QED) is 0.329. The minimum Gasteiger partial charge on any atom is -0.493 e. The summed E-state index contributed by atoms with van der Waals surface area (Å²) in [4.78, 5) is 15.3. The molecule has 0 heterocycles. The number of hydrogen-bond acceptors (Lipinski definition) is 5. The number of hydrogen-bond donors (Lipinski definition) is 2. The largest absolute Gasteiger partial charge is 0.493 e. The highest BCUT2D eigenvalue weighted by Gasteiger charge is 2.05. The Morgan fingerprint density at radius 2 is 2.00 bits per heavy atom. The molecule has 0 saturated heterocycles. The number of anilines is 1. The molecule has 0 bridgehead atoms. The summed E-state index contributed by atoms with van der Waals surface area (Å²) >= 11 is 0. The van der Waals surface area contributed by atoms with Crippen molar-refractivity contribution in [3.63, 3.8) is 0 Å². The Hall–Kier alpha value is -2.44. The molecule has 7 nitrogen and oxygen atoms in total. The molecule has 7 heteroatoms. The molecule has 0 aromatic heterocycles. The van der Waals surface area contributed by atoms with Gasteiger partial charge in [0, 0.05) is 24.7 Å². The van der Waals surface area contributed by atoms with Gasteiger partial charge in [0.05, 0.1) is 20.8 Å². The summed E-state index contributed by atoms with van der Waals surface area (Å²) in [5, 5.41) is 2.96. The number of carbonyl (C=O) groups is 1. The number of carbonyl (C=O) groups excluding carboxylic acids is 1. The molecular weight excluding hydrogens is 286 g/mol. The van der Waals surface area contributed by atoms with E-state index in [1.807, 2.05) is 6.07 Å². The lowest BCUT2D eigenvalue weighted by atomic mass is 10.3. The molecule has 0 aliphatic heterocycles. The van der Waals surface area contributed by atoms with Gasteiger partial charge in [-0.05, 0) is 25.5 Å². The van der Waals surface area contributed by atoms with Crippen molar-refractivity contribution in [1.29, 1.82) is 0 Å². The van der Waals surface area contributed by atoms with Gasteiger partial charge >= 0.3 is 5.97 Å². The van der Waals surface area contributed by atoms with Crippen LogP contribution >= 0.6 is 0 Å². The van der Waals surface area contributed by atoms with Crippen molar-refractivity contribution in [3.8, 4) is 11.5 Å². The second-order valence-electron chi connectivity index (χ2n) is 4.37. The Morgan fingerprint density at radius 3 is 2.64 bits per heavy atom. The third kappa shape index (κ3) is 5.90. The standard InChI is InChI=1S/C15H23N3O4/c1-4-22-14(19)6-5-9-17-15(16)18-11-7-8-12(20-2)13(10-11)21-3/h7-8,10H,4-6,9H2,1-3H3,(H3,16,17,18). The number of nitrogens with zero attached hydrogens (tertiary/aromatic N) is 1. The van der Waals surface area contributed by atoms with Crippen molar-refractivity contribution in [2.24, 2.45) is 10.7 Å². The Labute approximate surface area is 130 Å². The Bertz CT molecular complexity index is 518. The zero-order valence-corrected chi connectivity index (χ0v) is 13.2. The first-order valence-electron chi connectivity index (χ1n) is 7.05. The summed E-state index contributed by atoms with van der Waals surface area (Å²) in [7, 11) is 3.14. The highest BCUT2D eigenvalue weighted by molar-refractivity contribution is 5.92. The number of esters is 1. The van der Waals surface area contributed by atoms with Crippen LogP contribution in [0.25, 0.3) is 0 Å². The number of nitrogens with one attached hydrogen (secondary N) is 1. The SMILES string of the molecule is CCOC(=O)CCCN=C(N)Nc1ccc(OC)c(OC)c1. The van der Waals surface area contributed by atoms with E-state index in [9.17, 15) is 4.79 Å². The summed E-state index contributed by atoms with van der Waals surface area (Å²) in [5.41, 5.74) is 6.53. The molecule has 0 spiro atoms. The fourth-order valence-electron chi connectivity index (χ4n) is 1.76. The second-order valence-corrected chi connectivity index (χ2v) is 4.37. The smallest absolute Gasteiger partial charge is 0.305 e. The molecule has 0 saturated carbocycles. The fourth-order valence-corrected chi connectivity index (χ4v) is 1.76. The molecule has 0 fully saturated rings. The number of nitrogens with two attached hydrogens (primary N) is 1. The average molecular weight is 309 g/mol.